The monoisotopic (exact) mass is 429 g/mol. The molecule has 158 valence electrons. The first kappa shape index (κ1) is 20.4. The van der Waals surface area contributed by atoms with E-state index in [9.17, 15) is 4.79 Å². The summed E-state index contributed by atoms with van der Waals surface area (Å²) in [5.41, 5.74) is 4.09. The predicted octanol–water partition coefficient (Wildman–Crippen LogP) is 3.09. The summed E-state index contributed by atoms with van der Waals surface area (Å²) in [7, 11) is 1.81. The van der Waals surface area contributed by atoms with Gasteiger partial charge in [0.15, 0.2) is 12.3 Å². The number of halogens is 1. The standard InChI is InChI=1S/C21H24ClN5O3/c1-13-11-14(2)23-20-18(13)21(25-26(20)3)30-12-17(28)24-16-6-4-5-15(22)19(16)27-7-9-29-10-8-27/h4-6,11H,7-10,12H2,1-3H3,(H,24,28). The van der Waals surface area contributed by atoms with Gasteiger partial charge in [0.25, 0.3) is 5.91 Å². The van der Waals surface area contributed by atoms with Crippen molar-refractivity contribution in [2.75, 3.05) is 43.1 Å². The van der Waals surface area contributed by atoms with Crippen molar-refractivity contribution in [3.8, 4) is 5.88 Å². The highest BCUT2D eigenvalue weighted by atomic mass is 35.5. The van der Waals surface area contributed by atoms with Crippen molar-refractivity contribution in [1.29, 1.82) is 0 Å². The SMILES string of the molecule is Cc1cc(C)c2c(OCC(=O)Nc3cccc(Cl)c3N3CCOCC3)nn(C)c2n1. The molecule has 1 aliphatic heterocycles. The third-order valence-electron chi connectivity index (χ3n) is 5.01. The summed E-state index contributed by atoms with van der Waals surface area (Å²) in [4.78, 5) is 19.3. The first-order valence-corrected chi connectivity index (χ1v) is 10.2. The van der Waals surface area contributed by atoms with Gasteiger partial charge in [0, 0.05) is 25.8 Å². The second kappa shape index (κ2) is 8.49. The van der Waals surface area contributed by atoms with Crippen LogP contribution >= 0.6 is 11.6 Å². The zero-order valence-corrected chi connectivity index (χ0v) is 18.0. The summed E-state index contributed by atoms with van der Waals surface area (Å²) in [6.07, 6.45) is 0. The number of aromatic nitrogens is 3. The fourth-order valence-electron chi connectivity index (χ4n) is 3.69. The number of rotatable bonds is 5. The number of carbonyl (C=O) groups excluding carboxylic acids is 1. The highest BCUT2D eigenvalue weighted by Gasteiger charge is 2.20. The first-order chi connectivity index (χ1) is 14.4. The average Bonchev–Trinajstić information content (AvgIpc) is 3.03. The van der Waals surface area contributed by atoms with E-state index in [1.807, 2.05) is 45.2 Å². The summed E-state index contributed by atoms with van der Waals surface area (Å²) < 4.78 is 12.8. The van der Waals surface area contributed by atoms with Crippen LogP contribution in [0.5, 0.6) is 5.88 Å². The molecule has 3 aromatic rings. The number of hydrogen-bond donors (Lipinski definition) is 1. The van der Waals surface area contributed by atoms with Crippen LogP contribution in [0.2, 0.25) is 5.02 Å². The maximum absolute atomic E-state index is 12.6. The number of aryl methyl sites for hydroxylation is 3. The number of fused-ring (bicyclic) bond motifs is 1. The molecule has 0 bridgehead atoms. The highest BCUT2D eigenvalue weighted by Crippen LogP contribution is 2.34. The van der Waals surface area contributed by atoms with Crippen molar-refractivity contribution in [3.05, 3.63) is 40.5 Å². The van der Waals surface area contributed by atoms with Gasteiger partial charge in [-0.05, 0) is 37.6 Å². The first-order valence-electron chi connectivity index (χ1n) is 9.79. The Kier molecular flexibility index (Phi) is 5.78. The molecule has 0 spiro atoms. The van der Waals surface area contributed by atoms with Crippen molar-refractivity contribution >= 4 is 39.9 Å². The lowest BCUT2D eigenvalue weighted by Crippen LogP contribution is -2.37. The number of para-hydroxylation sites is 1. The summed E-state index contributed by atoms with van der Waals surface area (Å²) in [5.74, 6) is 0.107. The van der Waals surface area contributed by atoms with E-state index in [0.717, 1.165) is 28.0 Å². The van der Waals surface area contributed by atoms with Crippen LogP contribution < -0.4 is 15.0 Å². The molecule has 0 saturated carbocycles. The van der Waals surface area contributed by atoms with E-state index in [1.165, 1.54) is 0 Å². The molecule has 1 fully saturated rings. The molecule has 3 heterocycles. The van der Waals surface area contributed by atoms with Crippen LogP contribution in [0.4, 0.5) is 11.4 Å². The summed E-state index contributed by atoms with van der Waals surface area (Å²) in [6, 6.07) is 7.43. The van der Waals surface area contributed by atoms with Crippen molar-refractivity contribution in [3.63, 3.8) is 0 Å². The highest BCUT2D eigenvalue weighted by molar-refractivity contribution is 6.34. The van der Waals surface area contributed by atoms with Crippen molar-refractivity contribution in [2.45, 2.75) is 13.8 Å². The molecule has 1 saturated heterocycles. The Balaban J connectivity index is 1.50. The van der Waals surface area contributed by atoms with E-state index >= 15 is 0 Å². The summed E-state index contributed by atoms with van der Waals surface area (Å²) in [6.45, 7) is 6.43. The van der Waals surface area contributed by atoms with Crippen LogP contribution in [0, 0.1) is 13.8 Å². The van der Waals surface area contributed by atoms with Gasteiger partial charge in [-0.3, -0.25) is 4.79 Å². The Morgan fingerprint density at radius 1 is 1.30 bits per heavy atom. The second-order valence-electron chi connectivity index (χ2n) is 7.28. The van der Waals surface area contributed by atoms with Crippen LogP contribution in [0.15, 0.2) is 24.3 Å². The zero-order valence-electron chi connectivity index (χ0n) is 17.2. The van der Waals surface area contributed by atoms with E-state index in [-0.39, 0.29) is 12.5 Å². The van der Waals surface area contributed by atoms with Crippen molar-refractivity contribution in [2.24, 2.45) is 7.05 Å². The molecule has 8 nitrogen and oxygen atoms in total. The minimum atomic E-state index is -0.289. The molecule has 0 unspecified atom stereocenters. The number of nitrogens with one attached hydrogen (secondary N) is 1. The van der Waals surface area contributed by atoms with Crippen LogP contribution in [-0.2, 0) is 16.6 Å². The Morgan fingerprint density at radius 3 is 2.83 bits per heavy atom. The van der Waals surface area contributed by atoms with E-state index in [2.05, 4.69) is 20.3 Å². The number of morpholine rings is 1. The number of benzene rings is 1. The van der Waals surface area contributed by atoms with Gasteiger partial charge < -0.3 is 19.7 Å². The van der Waals surface area contributed by atoms with E-state index in [0.29, 0.717) is 42.9 Å². The zero-order chi connectivity index (χ0) is 21.3. The molecule has 0 radical (unpaired) electrons. The molecule has 1 N–H and O–H groups in total. The van der Waals surface area contributed by atoms with Crippen LogP contribution in [0.3, 0.4) is 0 Å². The van der Waals surface area contributed by atoms with Gasteiger partial charge in [0.2, 0.25) is 5.88 Å². The molecule has 4 rings (SSSR count). The van der Waals surface area contributed by atoms with Crippen LogP contribution in [0.1, 0.15) is 11.3 Å². The van der Waals surface area contributed by atoms with Gasteiger partial charge in [-0.25, -0.2) is 9.67 Å². The molecule has 30 heavy (non-hydrogen) atoms. The maximum Gasteiger partial charge on any atom is 0.262 e. The third-order valence-corrected chi connectivity index (χ3v) is 5.32. The number of carbonyl (C=O) groups is 1. The number of amides is 1. The molecule has 0 aliphatic carbocycles. The quantitative estimate of drug-likeness (QED) is 0.671. The van der Waals surface area contributed by atoms with Crippen molar-refractivity contribution < 1.29 is 14.3 Å². The number of hydrogen-bond acceptors (Lipinski definition) is 6. The lowest BCUT2D eigenvalue weighted by atomic mass is 10.2. The molecule has 1 aliphatic rings. The number of nitrogens with zero attached hydrogens (tertiary/aromatic N) is 4. The fourth-order valence-corrected chi connectivity index (χ4v) is 3.99. The largest absolute Gasteiger partial charge is 0.466 e. The second-order valence-corrected chi connectivity index (χ2v) is 7.69. The molecule has 0 atom stereocenters. The summed E-state index contributed by atoms with van der Waals surface area (Å²) >= 11 is 6.43. The Bertz CT molecular complexity index is 1090. The number of pyridine rings is 1. The summed E-state index contributed by atoms with van der Waals surface area (Å²) in [5, 5.41) is 8.70. The third kappa shape index (κ3) is 4.06. The van der Waals surface area contributed by atoms with Gasteiger partial charge >= 0.3 is 0 Å². The molecule has 2 aromatic heterocycles. The smallest absolute Gasteiger partial charge is 0.262 e. The molecular formula is C21H24ClN5O3. The molecular weight excluding hydrogens is 406 g/mol. The van der Waals surface area contributed by atoms with E-state index in [4.69, 9.17) is 21.1 Å². The minimum absolute atomic E-state index is 0.172. The lowest BCUT2D eigenvalue weighted by Gasteiger charge is -2.31. The lowest BCUT2D eigenvalue weighted by molar-refractivity contribution is -0.118. The van der Waals surface area contributed by atoms with E-state index < -0.39 is 0 Å². The molecule has 9 heteroatoms. The van der Waals surface area contributed by atoms with Gasteiger partial charge in [0.05, 0.1) is 35.0 Å². The van der Waals surface area contributed by atoms with Gasteiger partial charge in [-0.1, -0.05) is 17.7 Å². The van der Waals surface area contributed by atoms with E-state index in [1.54, 1.807) is 4.68 Å². The maximum atomic E-state index is 12.6. The van der Waals surface area contributed by atoms with Gasteiger partial charge in [-0.2, -0.15) is 0 Å². The van der Waals surface area contributed by atoms with Crippen LogP contribution in [-0.4, -0.2) is 53.6 Å². The molecule has 1 aromatic carbocycles. The Morgan fingerprint density at radius 2 is 2.07 bits per heavy atom. The normalized spacial score (nSPS) is 14.2. The van der Waals surface area contributed by atoms with Gasteiger partial charge in [0.1, 0.15) is 0 Å². The topological polar surface area (TPSA) is 81.5 Å². The molecule has 1 amide bonds. The van der Waals surface area contributed by atoms with Crippen LogP contribution in [0.25, 0.3) is 11.0 Å². The minimum Gasteiger partial charge on any atom is -0.466 e. The number of ether oxygens (including phenoxy) is 2. The Labute approximate surface area is 179 Å². The fraction of sp³-hybridized carbons (Fsp3) is 0.381. The Hall–Kier alpha value is -2.84. The predicted molar refractivity (Wildman–Crippen MR) is 117 cm³/mol. The van der Waals surface area contributed by atoms with Gasteiger partial charge in [-0.15, -0.1) is 5.10 Å². The average molecular weight is 430 g/mol. The number of anilines is 2. The van der Waals surface area contributed by atoms with Crippen molar-refractivity contribution in [1.82, 2.24) is 14.8 Å².